The standard InChI is InChI=1S/C16H28N4S/c1-5-17-14-10-15(20-16(19-14)11(3)4)18-12-7-8-13(9-12)21-6-2/h10-13H,5-9H2,1-4H3,(H2,17,18,19,20). The van der Waals surface area contributed by atoms with Gasteiger partial charge in [-0.1, -0.05) is 20.8 Å². The van der Waals surface area contributed by atoms with Crippen LogP contribution in [0.15, 0.2) is 6.07 Å². The van der Waals surface area contributed by atoms with Crippen molar-refractivity contribution < 1.29 is 0 Å². The maximum atomic E-state index is 4.68. The molecule has 2 atom stereocenters. The number of anilines is 2. The Morgan fingerprint density at radius 2 is 2.00 bits per heavy atom. The Morgan fingerprint density at radius 1 is 1.24 bits per heavy atom. The molecule has 2 unspecified atom stereocenters. The van der Waals surface area contributed by atoms with Gasteiger partial charge in [0.25, 0.3) is 0 Å². The van der Waals surface area contributed by atoms with E-state index in [1.54, 1.807) is 0 Å². The molecule has 0 aliphatic heterocycles. The van der Waals surface area contributed by atoms with E-state index >= 15 is 0 Å². The first-order valence-corrected chi connectivity index (χ1v) is 9.18. The molecule has 0 saturated heterocycles. The number of hydrogen-bond donors (Lipinski definition) is 2. The first-order chi connectivity index (χ1) is 10.1. The highest BCUT2D eigenvalue weighted by Crippen LogP contribution is 2.31. The van der Waals surface area contributed by atoms with Gasteiger partial charge in [-0.3, -0.25) is 0 Å². The highest BCUT2D eigenvalue weighted by Gasteiger charge is 2.25. The van der Waals surface area contributed by atoms with Gasteiger partial charge in [-0.15, -0.1) is 0 Å². The van der Waals surface area contributed by atoms with Crippen LogP contribution in [0.3, 0.4) is 0 Å². The lowest BCUT2D eigenvalue weighted by Gasteiger charge is -2.16. The molecule has 1 aliphatic carbocycles. The van der Waals surface area contributed by atoms with Gasteiger partial charge in [0.15, 0.2) is 0 Å². The van der Waals surface area contributed by atoms with Crippen molar-refractivity contribution in [3.63, 3.8) is 0 Å². The summed E-state index contributed by atoms with van der Waals surface area (Å²) in [5, 5.41) is 7.73. The van der Waals surface area contributed by atoms with Gasteiger partial charge in [-0.2, -0.15) is 11.8 Å². The molecule has 1 aromatic rings. The second kappa shape index (κ2) is 7.87. The van der Waals surface area contributed by atoms with E-state index in [1.807, 2.05) is 6.07 Å². The first kappa shape index (κ1) is 16.4. The maximum Gasteiger partial charge on any atom is 0.135 e. The monoisotopic (exact) mass is 308 g/mol. The van der Waals surface area contributed by atoms with Crippen molar-refractivity contribution >= 4 is 23.4 Å². The Morgan fingerprint density at radius 3 is 2.67 bits per heavy atom. The summed E-state index contributed by atoms with van der Waals surface area (Å²) in [5.41, 5.74) is 0. The maximum absolute atomic E-state index is 4.68. The van der Waals surface area contributed by atoms with Crippen LogP contribution in [0.5, 0.6) is 0 Å². The highest BCUT2D eigenvalue weighted by atomic mass is 32.2. The Hall–Kier alpha value is -0.970. The molecule has 0 spiro atoms. The topological polar surface area (TPSA) is 49.8 Å². The van der Waals surface area contributed by atoms with Crippen LogP contribution in [0.2, 0.25) is 0 Å². The van der Waals surface area contributed by atoms with Gasteiger partial charge in [0.2, 0.25) is 0 Å². The molecular formula is C16H28N4S. The van der Waals surface area contributed by atoms with Crippen LogP contribution in [0.1, 0.15) is 58.7 Å². The molecule has 1 fully saturated rings. The molecule has 2 rings (SSSR count). The molecule has 0 bridgehead atoms. The van der Waals surface area contributed by atoms with Crippen molar-refractivity contribution in [3.8, 4) is 0 Å². The number of rotatable bonds is 7. The molecule has 0 amide bonds. The molecule has 1 saturated carbocycles. The lowest BCUT2D eigenvalue weighted by molar-refractivity contribution is 0.736. The van der Waals surface area contributed by atoms with E-state index < -0.39 is 0 Å². The zero-order valence-electron chi connectivity index (χ0n) is 13.6. The number of thioether (sulfide) groups is 1. The summed E-state index contributed by atoms with van der Waals surface area (Å²) in [4.78, 5) is 9.26. The third-order valence-corrected chi connectivity index (χ3v) is 4.99. The van der Waals surface area contributed by atoms with Crippen LogP contribution in [0.4, 0.5) is 11.6 Å². The third kappa shape index (κ3) is 4.77. The summed E-state index contributed by atoms with van der Waals surface area (Å²) >= 11 is 2.09. The number of hydrogen-bond acceptors (Lipinski definition) is 5. The fourth-order valence-electron chi connectivity index (χ4n) is 2.74. The average Bonchev–Trinajstić information content (AvgIpc) is 2.86. The molecule has 0 radical (unpaired) electrons. The van der Waals surface area contributed by atoms with Gasteiger partial charge < -0.3 is 10.6 Å². The molecule has 21 heavy (non-hydrogen) atoms. The van der Waals surface area contributed by atoms with Gasteiger partial charge in [0.05, 0.1) is 0 Å². The summed E-state index contributed by atoms with van der Waals surface area (Å²) in [6.07, 6.45) is 3.81. The second-order valence-corrected chi connectivity index (χ2v) is 7.49. The van der Waals surface area contributed by atoms with Gasteiger partial charge in [0, 0.05) is 29.8 Å². The fraction of sp³-hybridized carbons (Fsp3) is 0.750. The van der Waals surface area contributed by atoms with E-state index in [0.29, 0.717) is 12.0 Å². The van der Waals surface area contributed by atoms with Crippen LogP contribution in [0.25, 0.3) is 0 Å². The minimum atomic E-state index is 0.344. The van der Waals surface area contributed by atoms with E-state index in [-0.39, 0.29) is 0 Å². The second-order valence-electron chi connectivity index (χ2n) is 5.91. The lowest BCUT2D eigenvalue weighted by atomic mass is 10.2. The molecule has 2 N–H and O–H groups in total. The molecular weight excluding hydrogens is 280 g/mol. The Balaban J connectivity index is 2.05. The smallest absolute Gasteiger partial charge is 0.135 e. The Bertz CT molecular complexity index is 450. The van der Waals surface area contributed by atoms with Gasteiger partial charge >= 0.3 is 0 Å². The van der Waals surface area contributed by atoms with E-state index in [9.17, 15) is 0 Å². The predicted molar refractivity (Wildman–Crippen MR) is 93.5 cm³/mol. The summed E-state index contributed by atoms with van der Waals surface area (Å²) < 4.78 is 0. The summed E-state index contributed by atoms with van der Waals surface area (Å²) in [7, 11) is 0. The normalized spacial score (nSPS) is 21.8. The van der Waals surface area contributed by atoms with Crippen LogP contribution < -0.4 is 10.6 Å². The quantitative estimate of drug-likeness (QED) is 0.793. The van der Waals surface area contributed by atoms with Gasteiger partial charge in [-0.05, 0) is 31.9 Å². The lowest BCUT2D eigenvalue weighted by Crippen LogP contribution is -2.18. The molecule has 0 aromatic carbocycles. The third-order valence-electron chi connectivity index (χ3n) is 3.76. The van der Waals surface area contributed by atoms with E-state index in [2.05, 4.69) is 60.1 Å². The molecule has 118 valence electrons. The molecule has 5 heteroatoms. The van der Waals surface area contributed by atoms with Gasteiger partial charge in [-0.25, -0.2) is 9.97 Å². The van der Waals surface area contributed by atoms with Crippen molar-refractivity contribution in [2.75, 3.05) is 22.9 Å². The Labute approximate surface area is 132 Å². The number of nitrogens with one attached hydrogen (secondary N) is 2. The van der Waals surface area contributed by atoms with Crippen LogP contribution in [0, 0.1) is 0 Å². The van der Waals surface area contributed by atoms with Crippen molar-refractivity contribution in [2.24, 2.45) is 0 Å². The molecule has 1 aliphatic rings. The van der Waals surface area contributed by atoms with E-state index in [0.717, 1.165) is 29.3 Å². The zero-order valence-corrected chi connectivity index (χ0v) is 14.5. The van der Waals surface area contributed by atoms with Crippen molar-refractivity contribution in [3.05, 3.63) is 11.9 Å². The zero-order chi connectivity index (χ0) is 15.2. The first-order valence-electron chi connectivity index (χ1n) is 8.13. The number of aromatic nitrogens is 2. The minimum absolute atomic E-state index is 0.344. The Kier molecular flexibility index (Phi) is 6.15. The SMILES string of the molecule is CCNc1cc(NC2CCC(SCC)C2)nc(C(C)C)n1. The number of nitrogens with zero attached hydrogens (tertiary/aromatic N) is 2. The summed E-state index contributed by atoms with van der Waals surface area (Å²) in [6, 6.07) is 2.59. The van der Waals surface area contributed by atoms with Crippen LogP contribution >= 0.6 is 11.8 Å². The molecule has 1 aromatic heterocycles. The molecule has 4 nitrogen and oxygen atoms in total. The van der Waals surface area contributed by atoms with E-state index in [1.165, 1.54) is 25.0 Å². The van der Waals surface area contributed by atoms with Crippen LogP contribution in [-0.4, -0.2) is 33.6 Å². The van der Waals surface area contributed by atoms with Gasteiger partial charge in [0.1, 0.15) is 17.5 Å². The van der Waals surface area contributed by atoms with Crippen molar-refractivity contribution in [2.45, 2.75) is 64.2 Å². The van der Waals surface area contributed by atoms with Crippen LogP contribution in [-0.2, 0) is 0 Å². The fourth-order valence-corrected chi connectivity index (χ4v) is 3.88. The largest absolute Gasteiger partial charge is 0.370 e. The van der Waals surface area contributed by atoms with Crippen molar-refractivity contribution in [1.82, 2.24) is 9.97 Å². The molecule has 1 heterocycles. The van der Waals surface area contributed by atoms with Crippen molar-refractivity contribution in [1.29, 1.82) is 0 Å². The van der Waals surface area contributed by atoms with E-state index in [4.69, 9.17) is 0 Å². The minimum Gasteiger partial charge on any atom is -0.370 e. The predicted octanol–water partition coefficient (Wildman–Crippen LogP) is 4.12. The average molecular weight is 308 g/mol. The summed E-state index contributed by atoms with van der Waals surface area (Å²) in [5.74, 6) is 4.37. The summed E-state index contributed by atoms with van der Waals surface area (Å²) in [6.45, 7) is 9.49. The highest BCUT2D eigenvalue weighted by molar-refractivity contribution is 7.99.